The lowest BCUT2D eigenvalue weighted by Gasteiger charge is -2.22. The van der Waals surface area contributed by atoms with Crippen LogP contribution < -0.4 is 10.0 Å². The van der Waals surface area contributed by atoms with Gasteiger partial charge in [-0.25, -0.2) is 13.1 Å². The van der Waals surface area contributed by atoms with Gasteiger partial charge in [0.05, 0.1) is 11.5 Å². The summed E-state index contributed by atoms with van der Waals surface area (Å²) in [6, 6.07) is 6.83. The van der Waals surface area contributed by atoms with E-state index in [-0.39, 0.29) is 11.4 Å². The van der Waals surface area contributed by atoms with Crippen molar-refractivity contribution in [2.45, 2.75) is 37.1 Å². The van der Waals surface area contributed by atoms with E-state index in [9.17, 15) is 8.42 Å². The Hall–Kier alpha value is -1.90. The third-order valence-electron chi connectivity index (χ3n) is 4.26. The summed E-state index contributed by atoms with van der Waals surface area (Å²) in [6.07, 6.45) is 6.45. The first-order valence-electron chi connectivity index (χ1n) is 9.54. The number of guanidine groups is 1. The third kappa shape index (κ3) is 8.86. The fourth-order valence-corrected chi connectivity index (χ4v) is 3.65. The zero-order valence-corrected chi connectivity index (χ0v) is 18.1. The Bertz CT molecular complexity index is 703. The molecular weight excluding hydrogens is 376 g/mol. The molecule has 8 heteroatoms. The number of nitrogens with one attached hydrogen (secondary N) is 2. The highest BCUT2D eigenvalue weighted by atomic mass is 32.2. The van der Waals surface area contributed by atoms with Gasteiger partial charge in [0, 0.05) is 40.8 Å². The zero-order chi connectivity index (χ0) is 20.8. The molecule has 0 fully saturated rings. The van der Waals surface area contributed by atoms with Gasteiger partial charge in [0.1, 0.15) is 0 Å². The number of rotatable bonds is 13. The Morgan fingerprint density at radius 3 is 2.57 bits per heavy atom. The number of hydrogen-bond acceptors (Lipinski definition) is 4. The molecule has 0 saturated heterocycles. The minimum atomic E-state index is -3.50. The van der Waals surface area contributed by atoms with Crippen molar-refractivity contribution in [1.82, 2.24) is 14.9 Å². The molecule has 0 saturated carbocycles. The first-order valence-corrected chi connectivity index (χ1v) is 11.0. The van der Waals surface area contributed by atoms with Gasteiger partial charge >= 0.3 is 0 Å². The number of methoxy groups -OCH3 is 1. The summed E-state index contributed by atoms with van der Waals surface area (Å²) in [7, 11) is 1.81. The van der Waals surface area contributed by atoms with Crippen LogP contribution >= 0.6 is 0 Å². The predicted molar refractivity (Wildman–Crippen MR) is 115 cm³/mol. The topological polar surface area (TPSA) is 83.0 Å². The van der Waals surface area contributed by atoms with E-state index in [0.29, 0.717) is 13.2 Å². The highest BCUT2D eigenvalue weighted by molar-refractivity contribution is 7.89. The van der Waals surface area contributed by atoms with Crippen molar-refractivity contribution in [3.05, 3.63) is 42.5 Å². The molecule has 0 aromatic heterocycles. The number of unbranched alkanes of at least 4 members (excludes halogenated alkanes) is 3. The van der Waals surface area contributed by atoms with Gasteiger partial charge in [-0.15, -0.1) is 6.58 Å². The summed E-state index contributed by atoms with van der Waals surface area (Å²) in [5, 5.41) is 3.32. The first kappa shape index (κ1) is 24.1. The van der Waals surface area contributed by atoms with E-state index in [1.54, 1.807) is 31.3 Å². The van der Waals surface area contributed by atoms with Crippen molar-refractivity contribution in [2.75, 3.05) is 40.9 Å². The number of sulfonamides is 1. The second kappa shape index (κ2) is 13.3. The Kier molecular flexibility index (Phi) is 11.5. The summed E-state index contributed by atoms with van der Waals surface area (Å²) in [5.74, 6) is 0.821. The van der Waals surface area contributed by atoms with Crippen molar-refractivity contribution in [3.63, 3.8) is 0 Å². The Labute approximate surface area is 169 Å². The molecular formula is C20H34N4O3S. The fraction of sp³-hybridized carbons (Fsp3) is 0.550. The molecule has 0 aliphatic rings. The molecule has 0 aliphatic carbocycles. The first-order chi connectivity index (χ1) is 13.4. The molecule has 0 aliphatic heterocycles. The minimum Gasteiger partial charge on any atom is -0.383 e. The van der Waals surface area contributed by atoms with Gasteiger partial charge in [0.2, 0.25) is 10.0 Å². The summed E-state index contributed by atoms with van der Waals surface area (Å²) in [6.45, 7) is 5.83. The fourth-order valence-electron chi connectivity index (χ4n) is 2.63. The van der Waals surface area contributed by atoms with Gasteiger partial charge in [0.25, 0.3) is 0 Å². The van der Waals surface area contributed by atoms with Crippen LogP contribution in [0.1, 0.15) is 31.2 Å². The second-order valence-electron chi connectivity index (χ2n) is 6.49. The number of hydrogen-bond donors (Lipinski definition) is 2. The van der Waals surface area contributed by atoms with Gasteiger partial charge in [0.15, 0.2) is 5.96 Å². The Balaban J connectivity index is 2.51. The molecule has 1 aromatic rings. The summed E-state index contributed by atoms with van der Waals surface area (Å²) >= 11 is 0. The smallest absolute Gasteiger partial charge is 0.240 e. The van der Waals surface area contributed by atoms with Crippen molar-refractivity contribution >= 4 is 16.0 Å². The average molecular weight is 411 g/mol. The maximum Gasteiger partial charge on any atom is 0.240 e. The van der Waals surface area contributed by atoms with Crippen molar-refractivity contribution in [2.24, 2.45) is 4.99 Å². The molecule has 1 aromatic carbocycles. The molecule has 0 radical (unpaired) electrons. The van der Waals surface area contributed by atoms with Gasteiger partial charge in [-0.3, -0.25) is 4.99 Å². The summed E-state index contributed by atoms with van der Waals surface area (Å²) < 4.78 is 31.7. The molecule has 158 valence electrons. The van der Waals surface area contributed by atoms with E-state index in [4.69, 9.17) is 4.74 Å². The molecule has 0 amide bonds. The number of nitrogens with zero attached hydrogens (tertiary/aromatic N) is 2. The number of allylic oxidation sites excluding steroid dienone is 1. The Morgan fingerprint density at radius 2 is 1.96 bits per heavy atom. The van der Waals surface area contributed by atoms with E-state index < -0.39 is 10.0 Å². The van der Waals surface area contributed by atoms with Crippen LogP contribution in [-0.4, -0.2) is 60.2 Å². The van der Waals surface area contributed by atoms with E-state index in [2.05, 4.69) is 26.5 Å². The molecule has 0 unspecified atom stereocenters. The number of aliphatic imine (C=N–C) groups is 1. The van der Waals surface area contributed by atoms with Crippen molar-refractivity contribution < 1.29 is 13.2 Å². The number of benzene rings is 1. The van der Waals surface area contributed by atoms with Crippen molar-refractivity contribution in [1.29, 1.82) is 0 Å². The average Bonchev–Trinajstić information content (AvgIpc) is 2.69. The molecule has 1 rings (SSSR count). The lowest BCUT2D eigenvalue weighted by atomic mass is 10.2. The van der Waals surface area contributed by atoms with Crippen LogP contribution in [0.2, 0.25) is 0 Å². The second-order valence-corrected chi connectivity index (χ2v) is 8.26. The SMILES string of the molecule is C=CCCCCCN(C)C(=NC)NCc1ccc(S(=O)(=O)NCCOC)cc1. The quantitative estimate of drug-likeness (QED) is 0.226. The lowest BCUT2D eigenvalue weighted by molar-refractivity contribution is 0.204. The maximum atomic E-state index is 12.2. The van der Waals surface area contributed by atoms with Crippen LogP contribution in [0.15, 0.2) is 46.8 Å². The normalized spacial score (nSPS) is 12.0. The molecule has 0 spiro atoms. The summed E-state index contributed by atoms with van der Waals surface area (Å²) in [5.41, 5.74) is 0.983. The van der Waals surface area contributed by atoms with Crippen LogP contribution in [0, 0.1) is 0 Å². The zero-order valence-electron chi connectivity index (χ0n) is 17.3. The predicted octanol–water partition coefficient (Wildman–Crippen LogP) is 2.36. The highest BCUT2D eigenvalue weighted by Gasteiger charge is 2.13. The third-order valence-corrected chi connectivity index (χ3v) is 5.73. The van der Waals surface area contributed by atoms with Gasteiger partial charge in [-0.2, -0.15) is 0 Å². The van der Waals surface area contributed by atoms with Crippen LogP contribution in [-0.2, 0) is 21.3 Å². The van der Waals surface area contributed by atoms with E-state index >= 15 is 0 Å². The van der Waals surface area contributed by atoms with Gasteiger partial charge in [-0.1, -0.05) is 24.6 Å². The van der Waals surface area contributed by atoms with Crippen LogP contribution in [0.5, 0.6) is 0 Å². The largest absolute Gasteiger partial charge is 0.383 e. The van der Waals surface area contributed by atoms with E-state index in [1.165, 1.54) is 20.0 Å². The standard InChI is InChI=1S/C20H34N4O3S/c1-5-6-7-8-9-15-24(3)20(21-2)22-17-18-10-12-19(13-11-18)28(25,26)23-14-16-27-4/h5,10-13,23H,1,6-9,14-17H2,2-4H3,(H,21,22). The van der Waals surface area contributed by atoms with Crippen LogP contribution in [0.4, 0.5) is 0 Å². The molecule has 0 bridgehead atoms. The van der Waals surface area contributed by atoms with E-state index in [1.807, 2.05) is 13.1 Å². The van der Waals surface area contributed by atoms with Crippen LogP contribution in [0.25, 0.3) is 0 Å². The maximum absolute atomic E-state index is 12.2. The van der Waals surface area contributed by atoms with Crippen molar-refractivity contribution in [3.8, 4) is 0 Å². The molecule has 28 heavy (non-hydrogen) atoms. The molecule has 0 heterocycles. The van der Waals surface area contributed by atoms with E-state index in [0.717, 1.165) is 30.9 Å². The van der Waals surface area contributed by atoms with Gasteiger partial charge in [-0.05, 0) is 37.0 Å². The molecule has 0 atom stereocenters. The van der Waals surface area contributed by atoms with Crippen LogP contribution in [0.3, 0.4) is 0 Å². The molecule has 2 N–H and O–H groups in total. The number of ether oxygens (including phenoxy) is 1. The lowest BCUT2D eigenvalue weighted by Crippen LogP contribution is -2.39. The van der Waals surface area contributed by atoms with Gasteiger partial charge < -0.3 is 15.0 Å². The summed E-state index contributed by atoms with van der Waals surface area (Å²) in [4.78, 5) is 6.66. The molecule has 7 nitrogen and oxygen atoms in total. The minimum absolute atomic E-state index is 0.244. The monoisotopic (exact) mass is 410 g/mol. The highest BCUT2D eigenvalue weighted by Crippen LogP contribution is 2.10. The Morgan fingerprint density at radius 1 is 1.25 bits per heavy atom.